The molecule has 0 fully saturated rings. The highest BCUT2D eigenvalue weighted by molar-refractivity contribution is 7.18. The highest BCUT2D eigenvalue weighted by Gasteiger charge is 2.13. The number of anilines is 1. The summed E-state index contributed by atoms with van der Waals surface area (Å²) >= 11 is 1.79. The first kappa shape index (κ1) is 13.3. The Labute approximate surface area is 113 Å². The maximum absolute atomic E-state index is 4.51. The summed E-state index contributed by atoms with van der Waals surface area (Å²) in [7, 11) is 0. The number of aromatic nitrogens is 2. The van der Waals surface area contributed by atoms with Gasteiger partial charge in [0.1, 0.15) is 17.0 Å². The summed E-state index contributed by atoms with van der Waals surface area (Å²) < 4.78 is 0. The molecule has 0 spiro atoms. The second kappa shape index (κ2) is 6.14. The Hall–Kier alpha value is -1.16. The Kier molecular flexibility index (Phi) is 4.53. The van der Waals surface area contributed by atoms with Gasteiger partial charge in [0.25, 0.3) is 0 Å². The fraction of sp³-hybridized carbons (Fsp3) is 0.571. The average Bonchev–Trinajstić information content (AvgIpc) is 2.81. The third kappa shape index (κ3) is 2.64. The predicted molar refractivity (Wildman–Crippen MR) is 79.6 cm³/mol. The van der Waals surface area contributed by atoms with Gasteiger partial charge in [-0.05, 0) is 25.3 Å². The maximum atomic E-state index is 4.51. The minimum absolute atomic E-state index is 1.07. The molecule has 2 aromatic rings. The summed E-state index contributed by atoms with van der Waals surface area (Å²) in [5.41, 5.74) is 0. The average molecular weight is 263 g/mol. The summed E-state index contributed by atoms with van der Waals surface area (Å²) in [4.78, 5) is 13.8. The van der Waals surface area contributed by atoms with Crippen molar-refractivity contribution in [2.24, 2.45) is 0 Å². The quantitative estimate of drug-likeness (QED) is 0.792. The van der Waals surface area contributed by atoms with E-state index in [2.05, 4.69) is 41.7 Å². The summed E-state index contributed by atoms with van der Waals surface area (Å²) in [5, 5.41) is 1.22. The Morgan fingerprint density at radius 1 is 1.11 bits per heavy atom. The first-order chi connectivity index (χ1) is 8.80. The van der Waals surface area contributed by atoms with E-state index in [4.69, 9.17) is 0 Å². The van der Waals surface area contributed by atoms with Crippen molar-refractivity contribution in [3.63, 3.8) is 0 Å². The molecule has 0 aliphatic heterocycles. The van der Waals surface area contributed by atoms with Crippen LogP contribution in [-0.4, -0.2) is 23.1 Å². The molecule has 0 bridgehead atoms. The highest BCUT2D eigenvalue weighted by Crippen LogP contribution is 2.30. The Bertz CT molecular complexity index is 501. The molecule has 4 heteroatoms. The van der Waals surface area contributed by atoms with Crippen LogP contribution in [0.3, 0.4) is 0 Å². The molecule has 18 heavy (non-hydrogen) atoms. The second-order valence-electron chi connectivity index (χ2n) is 4.47. The van der Waals surface area contributed by atoms with Gasteiger partial charge in [-0.2, -0.15) is 0 Å². The zero-order valence-electron chi connectivity index (χ0n) is 11.4. The monoisotopic (exact) mass is 263 g/mol. The van der Waals surface area contributed by atoms with Crippen LogP contribution in [0.15, 0.2) is 12.4 Å². The van der Waals surface area contributed by atoms with Gasteiger partial charge in [0.2, 0.25) is 0 Å². The third-order valence-corrected chi connectivity index (χ3v) is 4.18. The molecule has 0 unspecified atom stereocenters. The van der Waals surface area contributed by atoms with Crippen LogP contribution in [0.2, 0.25) is 0 Å². The SMILES string of the molecule is CCCN(CCC)c1ncnc2sc(CC)cc12. The lowest BCUT2D eigenvalue weighted by Gasteiger charge is -2.22. The summed E-state index contributed by atoms with van der Waals surface area (Å²) in [6.07, 6.45) is 5.07. The molecular formula is C14H21N3S. The van der Waals surface area contributed by atoms with Crippen molar-refractivity contribution in [2.45, 2.75) is 40.0 Å². The second-order valence-corrected chi connectivity index (χ2v) is 5.58. The van der Waals surface area contributed by atoms with Gasteiger partial charge in [0.05, 0.1) is 5.39 Å². The van der Waals surface area contributed by atoms with Gasteiger partial charge in [-0.1, -0.05) is 20.8 Å². The number of aryl methyl sites for hydroxylation is 1. The van der Waals surface area contributed by atoms with E-state index in [0.29, 0.717) is 0 Å². The molecule has 2 rings (SSSR count). The molecule has 0 atom stereocenters. The molecule has 2 heterocycles. The number of hydrogen-bond acceptors (Lipinski definition) is 4. The summed E-state index contributed by atoms with van der Waals surface area (Å²) in [6.45, 7) is 8.75. The topological polar surface area (TPSA) is 29.0 Å². The van der Waals surface area contributed by atoms with Gasteiger partial charge in [0.15, 0.2) is 0 Å². The Morgan fingerprint density at radius 2 is 1.83 bits per heavy atom. The van der Waals surface area contributed by atoms with Crippen LogP contribution in [0.5, 0.6) is 0 Å². The molecule has 98 valence electrons. The molecular weight excluding hydrogens is 242 g/mol. The summed E-state index contributed by atoms with van der Waals surface area (Å²) in [5.74, 6) is 1.11. The van der Waals surface area contributed by atoms with Gasteiger partial charge >= 0.3 is 0 Å². The third-order valence-electron chi connectivity index (χ3n) is 2.99. The van der Waals surface area contributed by atoms with E-state index in [1.807, 2.05) is 0 Å². The Morgan fingerprint density at radius 3 is 2.44 bits per heavy atom. The summed E-state index contributed by atoms with van der Waals surface area (Å²) in [6, 6.07) is 2.26. The molecule has 3 nitrogen and oxygen atoms in total. The molecule has 0 amide bonds. The van der Waals surface area contributed by atoms with E-state index in [0.717, 1.165) is 43.0 Å². The lowest BCUT2D eigenvalue weighted by Crippen LogP contribution is -2.26. The van der Waals surface area contributed by atoms with E-state index < -0.39 is 0 Å². The molecule has 0 N–H and O–H groups in total. The van der Waals surface area contributed by atoms with Gasteiger partial charge < -0.3 is 4.90 Å². The lowest BCUT2D eigenvalue weighted by molar-refractivity contribution is 0.736. The van der Waals surface area contributed by atoms with E-state index >= 15 is 0 Å². The van der Waals surface area contributed by atoms with Crippen molar-refractivity contribution < 1.29 is 0 Å². The minimum atomic E-state index is 1.07. The van der Waals surface area contributed by atoms with Gasteiger partial charge in [0, 0.05) is 18.0 Å². The number of thiophene rings is 1. The fourth-order valence-corrected chi connectivity index (χ4v) is 3.11. The Balaban J connectivity index is 2.43. The fourth-order valence-electron chi connectivity index (χ4n) is 2.18. The molecule has 0 radical (unpaired) electrons. The van der Waals surface area contributed by atoms with E-state index in [1.165, 1.54) is 10.3 Å². The van der Waals surface area contributed by atoms with E-state index in [-0.39, 0.29) is 0 Å². The van der Waals surface area contributed by atoms with E-state index in [9.17, 15) is 0 Å². The minimum Gasteiger partial charge on any atom is -0.356 e. The van der Waals surface area contributed by atoms with Gasteiger partial charge in [-0.15, -0.1) is 11.3 Å². The van der Waals surface area contributed by atoms with Crippen LogP contribution < -0.4 is 4.90 Å². The number of rotatable bonds is 6. The molecule has 0 aromatic carbocycles. The largest absolute Gasteiger partial charge is 0.356 e. The standard InChI is InChI=1S/C14H21N3S/c1-4-7-17(8-5-2)13-12-9-11(6-3)18-14(12)16-10-15-13/h9-10H,4-8H2,1-3H3. The van der Waals surface area contributed by atoms with Gasteiger partial charge in [-0.3, -0.25) is 0 Å². The van der Waals surface area contributed by atoms with E-state index in [1.54, 1.807) is 17.7 Å². The van der Waals surface area contributed by atoms with Crippen LogP contribution in [0.25, 0.3) is 10.2 Å². The number of hydrogen-bond donors (Lipinski definition) is 0. The maximum Gasteiger partial charge on any atom is 0.140 e. The van der Waals surface area contributed by atoms with Crippen molar-refractivity contribution in [3.8, 4) is 0 Å². The van der Waals surface area contributed by atoms with Crippen LogP contribution in [-0.2, 0) is 6.42 Å². The van der Waals surface area contributed by atoms with Crippen LogP contribution in [0.1, 0.15) is 38.5 Å². The number of fused-ring (bicyclic) bond motifs is 1. The molecule has 0 aliphatic rings. The zero-order valence-corrected chi connectivity index (χ0v) is 12.3. The lowest BCUT2D eigenvalue weighted by atomic mass is 10.2. The van der Waals surface area contributed by atoms with Crippen molar-refractivity contribution in [3.05, 3.63) is 17.3 Å². The molecule has 0 saturated carbocycles. The van der Waals surface area contributed by atoms with Crippen LogP contribution in [0.4, 0.5) is 5.82 Å². The van der Waals surface area contributed by atoms with Crippen molar-refractivity contribution in [2.75, 3.05) is 18.0 Å². The first-order valence-corrected chi connectivity index (χ1v) is 7.60. The highest BCUT2D eigenvalue weighted by atomic mass is 32.1. The molecule has 0 saturated heterocycles. The van der Waals surface area contributed by atoms with Gasteiger partial charge in [-0.25, -0.2) is 9.97 Å². The smallest absolute Gasteiger partial charge is 0.140 e. The normalized spacial score (nSPS) is 11.1. The first-order valence-electron chi connectivity index (χ1n) is 6.78. The van der Waals surface area contributed by atoms with Crippen molar-refractivity contribution >= 4 is 27.4 Å². The predicted octanol–water partition coefficient (Wildman–Crippen LogP) is 3.88. The molecule has 0 aliphatic carbocycles. The van der Waals surface area contributed by atoms with Crippen molar-refractivity contribution in [1.29, 1.82) is 0 Å². The van der Waals surface area contributed by atoms with Crippen LogP contribution in [0, 0.1) is 0 Å². The number of nitrogens with zero attached hydrogens (tertiary/aromatic N) is 3. The van der Waals surface area contributed by atoms with Crippen molar-refractivity contribution in [1.82, 2.24) is 9.97 Å². The zero-order chi connectivity index (χ0) is 13.0. The van der Waals surface area contributed by atoms with Crippen LogP contribution >= 0.6 is 11.3 Å². The molecule has 2 aromatic heterocycles.